The van der Waals surface area contributed by atoms with Crippen LogP contribution >= 0.6 is 11.6 Å². The largest absolute Gasteiger partial charge is 0.477 e. The van der Waals surface area contributed by atoms with Gasteiger partial charge in [-0.05, 0) is 30.5 Å². The van der Waals surface area contributed by atoms with Crippen molar-refractivity contribution in [3.63, 3.8) is 0 Å². The zero-order valence-corrected chi connectivity index (χ0v) is 17.0. The predicted molar refractivity (Wildman–Crippen MR) is 111 cm³/mol. The molecule has 1 aromatic carbocycles. The minimum absolute atomic E-state index is 0.153. The Bertz CT molecular complexity index is 888. The Morgan fingerprint density at radius 3 is 2.43 bits per heavy atom. The molecule has 0 radical (unpaired) electrons. The summed E-state index contributed by atoms with van der Waals surface area (Å²) in [7, 11) is 0. The lowest BCUT2D eigenvalue weighted by Gasteiger charge is -2.33. The van der Waals surface area contributed by atoms with Crippen LogP contribution < -0.4 is 0 Å². The van der Waals surface area contributed by atoms with Gasteiger partial charge in [-0.25, -0.2) is 9.78 Å². The number of rotatable bonds is 8. The summed E-state index contributed by atoms with van der Waals surface area (Å²) >= 11 is 6.27. The predicted octanol–water partition coefficient (Wildman–Crippen LogP) is 4.82. The summed E-state index contributed by atoms with van der Waals surface area (Å²) in [5, 5.41) is 19.3. The highest BCUT2D eigenvalue weighted by Gasteiger charge is 2.26. The number of carbonyl (C=O) groups is 1. The van der Waals surface area contributed by atoms with Crippen LogP contribution in [0.25, 0.3) is 5.70 Å². The maximum absolute atomic E-state index is 11.8. The molecule has 0 bridgehead atoms. The molecule has 146 valence electrons. The third-order valence-corrected chi connectivity index (χ3v) is 5.03. The van der Waals surface area contributed by atoms with E-state index in [0.29, 0.717) is 30.3 Å². The number of hydrogen-bond donors (Lipinski definition) is 1. The Kier molecular flexibility index (Phi) is 7.60. The van der Waals surface area contributed by atoms with E-state index in [1.807, 2.05) is 36.1 Å². The van der Waals surface area contributed by atoms with Gasteiger partial charge in [0.1, 0.15) is 11.2 Å². The summed E-state index contributed by atoms with van der Waals surface area (Å²) in [6.45, 7) is 7.28. The molecule has 0 spiro atoms. The van der Waals surface area contributed by atoms with Crippen molar-refractivity contribution >= 4 is 23.3 Å². The number of carboxylic acids is 1. The van der Waals surface area contributed by atoms with Crippen molar-refractivity contribution < 1.29 is 9.90 Å². The van der Waals surface area contributed by atoms with Crippen LogP contribution in [0.1, 0.15) is 37.8 Å². The minimum atomic E-state index is -1.28. The summed E-state index contributed by atoms with van der Waals surface area (Å²) < 4.78 is 0. The summed E-state index contributed by atoms with van der Waals surface area (Å²) in [6, 6.07) is 15.3. The van der Waals surface area contributed by atoms with Crippen LogP contribution in [0.5, 0.6) is 0 Å². The normalized spacial score (nSPS) is 12.9. The first-order chi connectivity index (χ1) is 13.4. The topological polar surface area (TPSA) is 77.2 Å². The van der Waals surface area contributed by atoms with Gasteiger partial charge in [-0.15, -0.1) is 0 Å². The molecule has 1 N–H and O–H groups in total. The second kappa shape index (κ2) is 9.91. The Labute approximate surface area is 170 Å². The molecule has 5 nitrogen and oxygen atoms in total. The van der Waals surface area contributed by atoms with Gasteiger partial charge in [0.05, 0.1) is 5.70 Å². The fourth-order valence-electron chi connectivity index (χ4n) is 3.25. The average Bonchev–Trinajstić information content (AvgIpc) is 2.68. The SMILES string of the molecule is CCN(CC(c1ccccc1)C(C)C)C(=C(C#N)C(=O)O)c1cccnc1Cl. The molecule has 0 saturated carbocycles. The Morgan fingerprint density at radius 2 is 1.93 bits per heavy atom. The van der Waals surface area contributed by atoms with Crippen LogP contribution in [-0.4, -0.2) is 34.0 Å². The number of nitrogens with zero attached hydrogens (tertiary/aromatic N) is 3. The Hall–Kier alpha value is -2.84. The van der Waals surface area contributed by atoms with Crippen molar-refractivity contribution in [3.8, 4) is 6.07 Å². The number of aromatic nitrogens is 1. The van der Waals surface area contributed by atoms with E-state index in [4.69, 9.17) is 11.6 Å². The molecule has 1 heterocycles. The van der Waals surface area contributed by atoms with E-state index < -0.39 is 5.97 Å². The van der Waals surface area contributed by atoms with E-state index in [-0.39, 0.29) is 16.6 Å². The van der Waals surface area contributed by atoms with Gasteiger partial charge in [0.25, 0.3) is 0 Å². The van der Waals surface area contributed by atoms with E-state index >= 15 is 0 Å². The van der Waals surface area contributed by atoms with Gasteiger partial charge in [-0.2, -0.15) is 5.26 Å². The molecule has 2 rings (SSSR count). The average molecular weight is 398 g/mol. The molecule has 28 heavy (non-hydrogen) atoms. The van der Waals surface area contributed by atoms with Crippen molar-refractivity contribution in [3.05, 3.63) is 70.5 Å². The van der Waals surface area contributed by atoms with Gasteiger partial charge in [0.2, 0.25) is 0 Å². The number of hydrogen-bond acceptors (Lipinski definition) is 4. The first-order valence-corrected chi connectivity index (χ1v) is 9.56. The van der Waals surface area contributed by atoms with Crippen molar-refractivity contribution in [1.82, 2.24) is 9.88 Å². The zero-order chi connectivity index (χ0) is 20.7. The molecule has 1 unspecified atom stereocenters. The van der Waals surface area contributed by atoms with Crippen LogP contribution in [-0.2, 0) is 4.79 Å². The van der Waals surface area contributed by atoms with Crippen LogP contribution in [0.3, 0.4) is 0 Å². The van der Waals surface area contributed by atoms with Gasteiger partial charge in [-0.1, -0.05) is 55.8 Å². The van der Waals surface area contributed by atoms with E-state index in [2.05, 4.69) is 31.0 Å². The van der Waals surface area contributed by atoms with Crippen LogP contribution in [0, 0.1) is 17.2 Å². The van der Waals surface area contributed by atoms with E-state index in [0.717, 1.165) is 0 Å². The van der Waals surface area contributed by atoms with E-state index in [9.17, 15) is 15.2 Å². The molecular formula is C22H24ClN3O2. The lowest BCUT2D eigenvalue weighted by molar-refractivity contribution is -0.132. The van der Waals surface area contributed by atoms with Gasteiger partial charge in [0, 0.05) is 30.8 Å². The molecule has 1 aromatic heterocycles. The Balaban J connectivity index is 2.59. The molecule has 2 aromatic rings. The highest BCUT2D eigenvalue weighted by atomic mass is 35.5. The molecule has 0 aliphatic rings. The zero-order valence-electron chi connectivity index (χ0n) is 16.3. The number of halogens is 1. The number of aliphatic carboxylic acids is 1. The number of carboxylic acid groups (broad SMARTS) is 1. The smallest absolute Gasteiger partial charge is 0.348 e. The molecule has 1 atom stereocenters. The van der Waals surface area contributed by atoms with Crippen molar-refractivity contribution in [1.29, 1.82) is 5.26 Å². The Morgan fingerprint density at radius 1 is 1.25 bits per heavy atom. The molecule has 0 aliphatic heterocycles. The highest BCUT2D eigenvalue weighted by Crippen LogP contribution is 2.32. The van der Waals surface area contributed by atoms with Gasteiger partial charge in [0.15, 0.2) is 5.57 Å². The maximum Gasteiger partial charge on any atom is 0.348 e. The molecule has 6 heteroatoms. The number of pyridine rings is 1. The molecular weight excluding hydrogens is 374 g/mol. The first kappa shape index (κ1) is 21.5. The van der Waals surface area contributed by atoms with Gasteiger partial charge < -0.3 is 10.0 Å². The van der Waals surface area contributed by atoms with E-state index in [1.54, 1.807) is 12.1 Å². The summed E-state index contributed by atoms with van der Waals surface area (Å²) in [5.41, 5.74) is 1.58. The molecule has 0 saturated heterocycles. The third kappa shape index (κ3) is 4.90. The molecule has 0 aliphatic carbocycles. The standard InChI is InChI=1S/C22H24ClN3O2/c1-4-26(14-19(15(2)3)16-9-6-5-7-10-16)20(18(13-24)22(27)28)17-11-8-12-25-21(17)23/h5-12,15,19H,4,14H2,1-3H3,(H,27,28). The van der Waals surface area contributed by atoms with Crippen LogP contribution in [0.15, 0.2) is 54.2 Å². The lowest BCUT2D eigenvalue weighted by atomic mass is 9.87. The van der Waals surface area contributed by atoms with Crippen molar-refractivity contribution in [2.75, 3.05) is 13.1 Å². The first-order valence-electron chi connectivity index (χ1n) is 9.19. The lowest BCUT2D eigenvalue weighted by Crippen LogP contribution is -2.31. The summed E-state index contributed by atoms with van der Waals surface area (Å²) in [6.07, 6.45) is 1.54. The quantitative estimate of drug-likeness (QED) is 0.392. The number of likely N-dealkylation sites (N-methyl/N-ethyl adjacent to an activating group) is 1. The molecule has 0 amide bonds. The second-order valence-corrected chi connectivity index (χ2v) is 7.14. The summed E-state index contributed by atoms with van der Waals surface area (Å²) in [5.74, 6) is -0.811. The highest BCUT2D eigenvalue weighted by molar-refractivity contribution is 6.31. The van der Waals surface area contributed by atoms with Crippen molar-refractivity contribution in [2.24, 2.45) is 5.92 Å². The maximum atomic E-state index is 11.8. The van der Waals surface area contributed by atoms with Crippen LogP contribution in [0.4, 0.5) is 0 Å². The monoisotopic (exact) mass is 397 g/mol. The number of benzene rings is 1. The van der Waals surface area contributed by atoms with Crippen LogP contribution in [0.2, 0.25) is 5.15 Å². The summed E-state index contributed by atoms with van der Waals surface area (Å²) in [4.78, 5) is 17.8. The fourth-order valence-corrected chi connectivity index (χ4v) is 3.45. The fraction of sp³-hybridized carbons (Fsp3) is 0.318. The second-order valence-electron chi connectivity index (χ2n) is 6.78. The van der Waals surface area contributed by atoms with E-state index in [1.165, 1.54) is 11.8 Å². The minimum Gasteiger partial charge on any atom is -0.477 e. The third-order valence-electron chi connectivity index (χ3n) is 4.72. The van der Waals surface area contributed by atoms with Gasteiger partial charge in [-0.3, -0.25) is 0 Å². The number of nitriles is 1. The van der Waals surface area contributed by atoms with Gasteiger partial charge >= 0.3 is 5.97 Å². The van der Waals surface area contributed by atoms with Crippen molar-refractivity contribution in [2.45, 2.75) is 26.7 Å². The molecule has 0 fully saturated rings.